The monoisotopic (exact) mass is 319 g/mol. The number of fused-ring (bicyclic) bond motifs is 1. The second-order valence-corrected chi connectivity index (χ2v) is 6.09. The number of aromatic nitrogens is 5. The molecule has 0 aliphatic heterocycles. The fourth-order valence-corrected chi connectivity index (χ4v) is 3.59. The molecule has 0 amide bonds. The van der Waals surface area contributed by atoms with Crippen molar-refractivity contribution in [1.29, 1.82) is 0 Å². The molecule has 0 saturated carbocycles. The van der Waals surface area contributed by atoms with Crippen LogP contribution in [0.1, 0.15) is 16.5 Å². The van der Waals surface area contributed by atoms with E-state index < -0.39 is 0 Å². The fraction of sp³-hybridized carbons (Fsp3) is 0.0588. The quantitative estimate of drug-likeness (QED) is 0.582. The number of hydrogen-bond acceptors (Lipinski definition) is 5. The molecule has 0 radical (unpaired) electrons. The Hall–Kier alpha value is -2.73. The van der Waals surface area contributed by atoms with Gasteiger partial charge in [-0.3, -0.25) is 4.98 Å². The Balaban J connectivity index is 1.87. The molecule has 0 bridgehead atoms. The second kappa shape index (κ2) is 6.18. The van der Waals surface area contributed by atoms with Crippen LogP contribution in [0.25, 0.3) is 10.8 Å². The molecule has 1 atom stereocenters. The summed E-state index contributed by atoms with van der Waals surface area (Å²) in [5.41, 5.74) is 2.16. The van der Waals surface area contributed by atoms with Gasteiger partial charge in [0, 0.05) is 6.20 Å². The van der Waals surface area contributed by atoms with Crippen molar-refractivity contribution in [3.05, 3.63) is 78.1 Å². The van der Waals surface area contributed by atoms with E-state index in [4.69, 9.17) is 0 Å². The Kier molecular flexibility index (Phi) is 3.73. The summed E-state index contributed by atoms with van der Waals surface area (Å²) in [6.45, 7) is 0. The van der Waals surface area contributed by atoms with Crippen LogP contribution in [0, 0.1) is 0 Å². The van der Waals surface area contributed by atoms with Gasteiger partial charge in [0.25, 0.3) is 0 Å². The molecule has 2 aromatic carbocycles. The summed E-state index contributed by atoms with van der Waals surface area (Å²) in [4.78, 5) is 4.54. The molecular formula is C17H13N5S. The lowest BCUT2D eigenvalue weighted by molar-refractivity contribution is 0.881. The van der Waals surface area contributed by atoms with Crippen LogP contribution in [0.4, 0.5) is 0 Å². The zero-order chi connectivity index (χ0) is 15.5. The van der Waals surface area contributed by atoms with Crippen LogP contribution in [0.3, 0.4) is 0 Å². The van der Waals surface area contributed by atoms with Crippen molar-refractivity contribution in [2.45, 2.75) is 10.4 Å². The molecule has 1 unspecified atom stereocenters. The molecule has 5 nitrogen and oxygen atoms in total. The van der Waals surface area contributed by atoms with E-state index in [0.29, 0.717) is 5.16 Å². The van der Waals surface area contributed by atoms with E-state index in [-0.39, 0.29) is 5.25 Å². The normalized spacial score (nSPS) is 12.3. The molecule has 0 aliphatic carbocycles. The summed E-state index contributed by atoms with van der Waals surface area (Å²) in [6, 6.07) is 20.6. The lowest BCUT2D eigenvalue weighted by Crippen LogP contribution is -2.01. The molecule has 0 fully saturated rings. The van der Waals surface area contributed by atoms with Gasteiger partial charge in [0.15, 0.2) is 0 Å². The van der Waals surface area contributed by atoms with Crippen LogP contribution in [-0.2, 0) is 0 Å². The van der Waals surface area contributed by atoms with E-state index in [1.807, 2.05) is 30.5 Å². The summed E-state index contributed by atoms with van der Waals surface area (Å²) in [7, 11) is 0. The van der Waals surface area contributed by atoms with E-state index in [1.165, 1.54) is 28.1 Å². The van der Waals surface area contributed by atoms with Crippen molar-refractivity contribution in [2.75, 3.05) is 0 Å². The number of pyridine rings is 1. The van der Waals surface area contributed by atoms with E-state index in [9.17, 15) is 0 Å². The maximum absolute atomic E-state index is 4.54. The largest absolute Gasteiger partial charge is 0.260 e. The third-order valence-corrected chi connectivity index (χ3v) is 4.73. The molecule has 6 heteroatoms. The van der Waals surface area contributed by atoms with E-state index in [0.717, 1.165) is 5.69 Å². The van der Waals surface area contributed by atoms with Crippen molar-refractivity contribution >= 4 is 22.5 Å². The number of rotatable bonds is 4. The van der Waals surface area contributed by atoms with Gasteiger partial charge >= 0.3 is 0 Å². The summed E-state index contributed by atoms with van der Waals surface area (Å²) in [6.07, 6.45) is 1.81. The Morgan fingerprint density at radius 1 is 0.913 bits per heavy atom. The summed E-state index contributed by atoms with van der Waals surface area (Å²) in [5, 5.41) is 17.3. The SMILES string of the molecule is c1ccc(C(Sc2nn[nH]n2)c2cccc3ccccc23)nc1. The van der Waals surface area contributed by atoms with Crippen molar-refractivity contribution in [3.8, 4) is 0 Å². The van der Waals surface area contributed by atoms with E-state index >= 15 is 0 Å². The number of benzene rings is 2. The van der Waals surface area contributed by atoms with Crippen LogP contribution in [0.5, 0.6) is 0 Å². The molecule has 4 aromatic rings. The standard InChI is InChI=1S/C17H13N5S/c1-2-8-13-12(6-1)7-5-9-14(13)16(15-10-3-4-11-18-15)23-17-19-21-22-20-17/h1-11,16H,(H,19,20,21,22). The minimum absolute atomic E-state index is 0.0000926. The first-order valence-electron chi connectivity index (χ1n) is 7.20. The highest BCUT2D eigenvalue weighted by Crippen LogP contribution is 2.40. The van der Waals surface area contributed by atoms with Crippen LogP contribution < -0.4 is 0 Å². The topological polar surface area (TPSA) is 67.3 Å². The van der Waals surface area contributed by atoms with Gasteiger partial charge in [-0.2, -0.15) is 5.21 Å². The number of hydrogen-bond donors (Lipinski definition) is 1. The van der Waals surface area contributed by atoms with Crippen LogP contribution in [-0.4, -0.2) is 25.6 Å². The van der Waals surface area contributed by atoms with Gasteiger partial charge in [-0.25, -0.2) is 0 Å². The van der Waals surface area contributed by atoms with Crippen LogP contribution >= 0.6 is 11.8 Å². The zero-order valence-electron chi connectivity index (χ0n) is 12.1. The highest BCUT2D eigenvalue weighted by atomic mass is 32.2. The lowest BCUT2D eigenvalue weighted by Gasteiger charge is -2.17. The van der Waals surface area contributed by atoms with Gasteiger partial charge < -0.3 is 0 Å². The third-order valence-electron chi connectivity index (χ3n) is 3.61. The van der Waals surface area contributed by atoms with Gasteiger partial charge in [-0.05, 0) is 33.7 Å². The van der Waals surface area contributed by atoms with Crippen LogP contribution in [0.15, 0.2) is 72.0 Å². The summed E-state index contributed by atoms with van der Waals surface area (Å²) >= 11 is 1.54. The number of nitrogens with zero attached hydrogens (tertiary/aromatic N) is 4. The highest BCUT2D eigenvalue weighted by molar-refractivity contribution is 7.99. The van der Waals surface area contributed by atoms with E-state index in [2.05, 4.69) is 62.0 Å². The van der Waals surface area contributed by atoms with Gasteiger partial charge in [0.05, 0.1) is 10.9 Å². The number of nitrogens with one attached hydrogen (secondary N) is 1. The second-order valence-electron chi connectivity index (χ2n) is 5.02. The first kappa shape index (κ1) is 13.9. The fourth-order valence-electron chi connectivity index (χ4n) is 2.60. The molecule has 1 N–H and O–H groups in total. The number of thioether (sulfide) groups is 1. The first-order chi connectivity index (χ1) is 11.4. The molecule has 23 heavy (non-hydrogen) atoms. The average Bonchev–Trinajstić information content (AvgIpc) is 3.13. The number of tetrazole rings is 1. The molecule has 2 aromatic heterocycles. The maximum atomic E-state index is 4.54. The predicted octanol–water partition coefficient (Wildman–Crippen LogP) is 3.63. The van der Waals surface area contributed by atoms with Crippen molar-refractivity contribution in [1.82, 2.24) is 25.6 Å². The number of H-pyrrole nitrogens is 1. The Bertz CT molecular complexity index is 903. The number of aromatic amines is 1. The molecular weight excluding hydrogens is 306 g/mol. The minimum Gasteiger partial charge on any atom is -0.260 e. The minimum atomic E-state index is -0.0000926. The third kappa shape index (κ3) is 2.80. The summed E-state index contributed by atoms with van der Waals surface area (Å²) in [5.74, 6) is 0. The lowest BCUT2D eigenvalue weighted by atomic mass is 10.0. The molecule has 112 valence electrons. The first-order valence-corrected chi connectivity index (χ1v) is 8.08. The van der Waals surface area contributed by atoms with Crippen molar-refractivity contribution < 1.29 is 0 Å². The zero-order valence-corrected chi connectivity index (χ0v) is 12.9. The Morgan fingerprint density at radius 3 is 2.61 bits per heavy atom. The van der Waals surface area contributed by atoms with Crippen LogP contribution in [0.2, 0.25) is 0 Å². The van der Waals surface area contributed by atoms with E-state index in [1.54, 1.807) is 0 Å². The van der Waals surface area contributed by atoms with Crippen molar-refractivity contribution in [2.24, 2.45) is 0 Å². The predicted molar refractivity (Wildman–Crippen MR) is 90.1 cm³/mol. The van der Waals surface area contributed by atoms with Gasteiger partial charge in [0.2, 0.25) is 5.16 Å². The van der Waals surface area contributed by atoms with Gasteiger partial charge in [-0.15, -0.1) is 10.2 Å². The molecule has 0 aliphatic rings. The maximum Gasteiger partial charge on any atom is 0.231 e. The molecule has 0 spiro atoms. The van der Waals surface area contributed by atoms with Crippen molar-refractivity contribution in [3.63, 3.8) is 0 Å². The smallest absolute Gasteiger partial charge is 0.231 e. The molecule has 0 saturated heterocycles. The highest BCUT2D eigenvalue weighted by Gasteiger charge is 2.21. The summed E-state index contributed by atoms with van der Waals surface area (Å²) < 4.78 is 0. The van der Waals surface area contributed by atoms with Gasteiger partial charge in [-0.1, -0.05) is 60.3 Å². The Morgan fingerprint density at radius 2 is 1.78 bits per heavy atom. The average molecular weight is 319 g/mol. The Labute approximate surface area is 137 Å². The molecule has 4 rings (SSSR count). The van der Waals surface area contributed by atoms with Gasteiger partial charge in [0.1, 0.15) is 0 Å². The molecule has 2 heterocycles.